The molecule has 2 rings (SSSR count). The Morgan fingerprint density at radius 2 is 1.95 bits per heavy atom. The fourth-order valence-electron chi connectivity index (χ4n) is 1.73. The number of anilines is 2. The summed E-state index contributed by atoms with van der Waals surface area (Å²) in [5, 5.41) is 2.70. The van der Waals surface area contributed by atoms with Crippen LogP contribution in [0.5, 0.6) is 0 Å². The Hall–Kier alpha value is -2.43. The number of hydrogen-bond donors (Lipinski definition) is 2. The zero-order chi connectivity index (χ0) is 14.0. The first-order chi connectivity index (χ1) is 8.97. The fraction of sp³-hybridized carbons (Fsp3) is 0.143. The molecule has 1 amide bonds. The first-order valence-corrected chi connectivity index (χ1v) is 5.76. The number of nitrogens with two attached hydrogens (primary N) is 1. The van der Waals surface area contributed by atoms with Gasteiger partial charge in [-0.2, -0.15) is 0 Å². The van der Waals surface area contributed by atoms with E-state index < -0.39 is 11.7 Å². The number of rotatable bonds is 2. The highest BCUT2D eigenvalue weighted by Gasteiger charge is 2.10. The monoisotopic (exact) mass is 259 g/mol. The summed E-state index contributed by atoms with van der Waals surface area (Å²) in [6.07, 6.45) is 2.36. The predicted octanol–water partition coefficient (Wildman–Crippen LogP) is 2.67. The maximum Gasteiger partial charge on any atom is 0.257 e. The van der Waals surface area contributed by atoms with Gasteiger partial charge in [0.25, 0.3) is 5.91 Å². The Kier molecular flexibility index (Phi) is 3.46. The van der Waals surface area contributed by atoms with Crippen molar-refractivity contribution in [3.63, 3.8) is 0 Å². The molecule has 3 N–H and O–H groups in total. The van der Waals surface area contributed by atoms with E-state index in [-0.39, 0.29) is 5.56 Å². The molecule has 98 valence electrons. The molecule has 4 nitrogen and oxygen atoms in total. The number of pyridine rings is 1. The van der Waals surface area contributed by atoms with Crippen molar-refractivity contribution in [3.8, 4) is 0 Å². The average Bonchev–Trinajstić information content (AvgIpc) is 2.36. The van der Waals surface area contributed by atoms with Crippen LogP contribution in [0, 0.1) is 19.7 Å². The number of aromatic nitrogens is 1. The van der Waals surface area contributed by atoms with Crippen molar-refractivity contribution in [1.82, 2.24) is 4.98 Å². The Bertz CT molecular complexity index is 641. The quantitative estimate of drug-likeness (QED) is 0.815. The van der Waals surface area contributed by atoms with Crippen molar-refractivity contribution in [3.05, 3.63) is 53.1 Å². The van der Waals surface area contributed by atoms with E-state index in [9.17, 15) is 9.18 Å². The highest BCUT2D eigenvalue weighted by atomic mass is 19.1. The molecular formula is C14H14FN3O. The lowest BCUT2D eigenvalue weighted by Gasteiger charge is -2.11. The minimum atomic E-state index is -0.548. The van der Waals surface area contributed by atoms with Crippen molar-refractivity contribution in [2.75, 3.05) is 11.1 Å². The van der Waals surface area contributed by atoms with E-state index >= 15 is 0 Å². The number of carbonyl (C=O) groups excluding carboxylic acids is 1. The fourth-order valence-corrected chi connectivity index (χ4v) is 1.73. The average molecular weight is 259 g/mol. The molecule has 0 aliphatic rings. The van der Waals surface area contributed by atoms with Crippen LogP contribution >= 0.6 is 0 Å². The molecule has 0 radical (unpaired) electrons. The molecule has 2 aromatic rings. The second kappa shape index (κ2) is 5.06. The minimum Gasteiger partial charge on any atom is -0.398 e. The van der Waals surface area contributed by atoms with Gasteiger partial charge in [-0.15, -0.1) is 0 Å². The third-order valence-corrected chi connectivity index (χ3v) is 2.83. The van der Waals surface area contributed by atoms with E-state index in [1.54, 1.807) is 6.07 Å². The summed E-state index contributed by atoms with van der Waals surface area (Å²) in [7, 11) is 0. The number of halogens is 1. The molecule has 0 saturated carbocycles. The third kappa shape index (κ3) is 2.88. The maximum absolute atomic E-state index is 13.0. The number of benzene rings is 1. The third-order valence-electron chi connectivity index (χ3n) is 2.83. The smallest absolute Gasteiger partial charge is 0.257 e. The molecule has 0 aliphatic carbocycles. The number of nitrogens with zero attached hydrogens (tertiary/aromatic N) is 1. The summed E-state index contributed by atoms with van der Waals surface area (Å²) >= 11 is 0. The zero-order valence-electron chi connectivity index (χ0n) is 10.7. The number of nitrogens with one attached hydrogen (secondary N) is 1. The number of hydrogen-bond acceptors (Lipinski definition) is 3. The highest BCUT2D eigenvalue weighted by Crippen LogP contribution is 2.22. The van der Waals surface area contributed by atoms with E-state index in [2.05, 4.69) is 10.3 Å². The normalized spacial score (nSPS) is 10.3. The predicted molar refractivity (Wildman–Crippen MR) is 72.5 cm³/mol. The van der Waals surface area contributed by atoms with Crippen LogP contribution in [0.25, 0.3) is 0 Å². The second-order valence-electron chi connectivity index (χ2n) is 4.37. The molecule has 0 fully saturated rings. The summed E-state index contributed by atoms with van der Waals surface area (Å²) in [5.41, 5.74) is 9.01. The van der Waals surface area contributed by atoms with Gasteiger partial charge in [0.15, 0.2) is 0 Å². The van der Waals surface area contributed by atoms with Crippen LogP contribution in [0.4, 0.5) is 15.8 Å². The van der Waals surface area contributed by atoms with Crippen molar-refractivity contribution in [2.45, 2.75) is 13.8 Å². The molecule has 1 heterocycles. The second-order valence-corrected chi connectivity index (χ2v) is 4.37. The number of amides is 1. The lowest BCUT2D eigenvalue weighted by Crippen LogP contribution is -2.13. The van der Waals surface area contributed by atoms with Crippen molar-refractivity contribution in [1.29, 1.82) is 0 Å². The van der Waals surface area contributed by atoms with Gasteiger partial charge < -0.3 is 11.1 Å². The van der Waals surface area contributed by atoms with Gasteiger partial charge in [0.05, 0.1) is 11.8 Å². The summed E-state index contributed by atoms with van der Waals surface area (Å²) < 4.78 is 13.0. The van der Waals surface area contributed by atoms with Crippen LogP contribution < -0.4 is 11.1 Å². The van der Waals surface area contributed by atoms with E-state index in [1.807, 2.05) is 19.9 Å². The zero-order valence-corrected chi connectivity index (χ0v) is 10.7. The van der Waals surface area contributed by atoms with Crippen LogP contribution in [0.2, 0.25) is 0 Å². The lowest BCUT2D eigenvalue weighted by molar-refractivity contribution is 0.102. The summed E-state index contributed by atoms with van der Waals surface area (Å²) in [5.74, 6) is -0.967. The number of carbonyl (C=O) groups is 1. The molecule has 0 unspecified atom stereocenters. The van der Waals surface area contributed by atoms with E-state index in [0.717, 1.165) is 23.4 Å². The minimum absolute atomic E-state index is 0.165. The molecule has 0 spiro atoms. The molecule has 1 aromatic heterocycles. The van der Waals surface area contributed by atoms with Gasteiger partial charge in [0.1, 0.15) is 5.82 Å². The van der Waals surface area contributed by atoms with Crippen molar-refractivity contribution >= 4 is 17.3 Å². The standard InChI is InChI=1S/C14H14FN3O/c1-8-3-9(2)13(5-12(8)16)18-14(19)10-4-11(15)7-17-6-10/h3-7H,16H2,1-2H3,(H,18,19). The van der Waals surface area contributed by atoms with Crippen molar-refractivity contribution < 1.29 is 9.18 Å². The molecular weight excluding hydrogens is 245 g/mol. The van der Waals surface area contributed by atoms with Crippen LogP contribution in [0.3, 0.4) is 0 Å². The SMILES string of the molecule is Cc1cc(C)c(NC(=O)c2cncc(F)c2)cc1N. The Morgan fingerprint density at radius 1 is 1.21 bits per heavy atom. The van der Waals surface area contributed by atoms with Gasteiger partial charge in [0, 0.05) is 17.6 Å². The summed E-state index contributed by atoms with van der Waals surface area (Å²) in [4.78, 5) is 15.6. The van der Waals surface area contributed by atoms with Crippen LogP contribution in [0.1, 0.15) is 21.5 Å². The Labute approximate surface area is 110 Å². The van der Waals surface area contributed by atoms with Crippen molar-refractivity contribution in [2.24, 2.45) is 0 Å². The number of nitrogen functional groups attached to an aromatic ring is 1. The lowest BCUT2D eigenvalue weighted by atomic mass is 10.1. The van der Waals surface area contributed by atoms with E-state index in [4.69, 9.17) is 5.73 Å². The highest BCUT2D eigenvalue weighted by molar-refractivity contribution is 6.04. The topological polar surface area (TPSA) is 68.0 Å². The van der Waals surface area contributed by atoms with Gasteiger partial charge in [-0.05, 0) is 37.1 Å². The Balaban J connectivity index is 2.27. The first kappa shape index (κ1) is 13.0. The first-order valence-electron chi connectivity index (χ1n) is 5.76. The van der Waals surface area contributed by atoms with Gasteiger partial charge in [-0.1, -0.05) is 6.07 Å². The summed E-state index contributed by atoms with van der Waals surface area (Å²) in [6, 6.07) is 4.71. The van der Waals surface area contributed by atoms with Gasteiger partial charge in [0.2, 0.25) is 0 Å². The van der Waals surface area contributed by atoms with Gasteiger partial charge in [-0.25, -0.2) is 4.39 Å². The van der Waals surface area contributed by atoms with Crippen LogP contribution in [0.15, 0.2) is 30.6 Å². The number of aryl methyl sites for hydroxylation is 2. The van der Waals surface area contributed by atoms with E-state index in [1.165, 1.54) is 6.20 Å². The Morgan fingerprint density at radius 3 is 2.63 bits per heavy atom. The molecule has 0 aliphatic heterocycles. The van der Waals surface area contributed by atoms with Crippen LogP contribution in [-0.4, -0.2) is 10.9 Å². The molecule has 5 heteroatoms. The van der Waals surface area contributed by atoms with Gasteiger partial charge >= 0.3 is 0 Å². The summed E-state index contributed by atoms with van der Waals surface area (Å²) in [6.45, 7) is 3.76. The van der Waals surface area contributed by atoms with Crippen LogP contribution in [-0.2, 0) is 0 Å². The maximum atomic E-state index is 13.0. The molecule has 19 heavy (non-hydrogen) atoms. The van der Waals surface area contributed by atoms with E-state index in [0.29, 0.717) is 11.4 Å². The molecule has 0 saturated heterocycles. The molecule has 0 bridgehead atoms. The molecule has 0 atom stereocenters. The largest absolute Gasteiger partial charge is 0.398 e. The van der Waals surface area contributed by atoms with Gasteiger partial charge in [-0.3, -0.25) is 9.78 Å². The molecule has 1 aromatic carbocycles.